The van der Waals surface area contributed by atoms with E-state index in [-0.39, 0.29) is 0 Å². The highest BCUT2D eigenvalue weighted by Gasteiger charge is 2.35. The molecule has 3 aromatic carbocycles. The first kappa shape index (κ1) is 15.5. The topological polar surface area (TPSA) is 45.2 Å². The van der Waals surface area contributed by atoms with Gasteiger partial charge >= 0.3 is 0 Å². The molecule has 0 unspecified atom stereocenters. The van der Waals surface area contributed by atoms with Crippen molar-refractivity contribution in [3.05, 3.63) is 102 Å². The number of aromatic amines is 1. The summed E-state index contributed by atoms with van der Waals surface area (Å²) in [6.45, 7) is 0. The summed E-state index contributed by atoms with van der Waals surface area (Å²) < 4.78 is 5.30. The van der Waals surface area contributed by atoms with Crippen molar-refractivity contribution in [2.45, 2.75) is 5.60 Å². The Morgan fingerprint density at radius 2 is 1.40 bits per heavy atom. The number of aliphatic hydroxyl groups is 1. The van der Waals surface area contributed by atoms with Crippen LogP contribution in [0.5, 0.6) is 5.75 Å². The summed E-state index contributed by atoms with van der Waals surface area (Å²) in [5.41, 5.74) is 2.04. The molecule has 3 heteroatoms. The highest BCUT2D eigenvalue weighted by Crippen LogP contribution is 2.37. The summed E-state index contributed by atoms with van der Waals surface area (Å²) in [6, 6.07) is 27.3. The molecule has 0 radical (unpaired) electrons. The Labute approximate surface area is 146 Å². The number of rotatable bonds is 4. The SMILES string of the molecule is COc1ccc2cc(C(O)(c3ccccc3)c3ccccc3)[nH]c2c1. The summed E-state index contributed by atoms with van der Waals surface area (Å²) in [5.74, 6) is 0.781. The van der Waals surface area contributed by atoms with E-state index in [1.807, 2.05) is 84.9 Å². The first-order valence-electron chi connectivity index (χ1n) is 8.22. The maximum atomic E-state index is 11.8. The molecule has 4 aromatic rings. The molecule has 0 bridgehead atoms. The van der Waals surface area contributed by atoms with Crippen molar-refractivity contribution in [2.24, 2.45) is 0 Å². The average molecular weight is 329 g/mol. The summed E-state index contributed by atoms with van der Waals surface area (Å²) in [4.78, 5) is 3.38. The number of benzene rings is 3. The van der Waals surface area contributed by atoms with Gasteiger partial charge in [-0.15, -0.1) is 0 Å². The lowest BCUT2D eigenvalue weighted by atomic mass is 9.83. The van der Waals surface area contributed by atoms with Gasteiger partial charge in [-0.25, -0.2) is 0 Å². The Balaban J connectivity index is 1.95. The first-order valence-corrected chi connectivity index (χ1v) is 8.22. The second kappa shape index (κ2) is 6.11. The molecule has 0 amide bonds. The van der Waals surface area contributed by atoms with E-state index < -0.39 is 5.60 Å². The van der Waals surface area contributed by atoms with E-state index in [9.17, 15) is 5.11 Å². The van der Waals surface area contributed by atoms with Crippen molar-refractivity contribution in [3.63, 3.8) is 0 Å². The molecule has 0 atom stereocenters. The molecule has 2 N–H and O–H groups in total. The lowest BCUT2D eigenvalue weighted by Crippen LogP contribution is -2.29. The van der Waals surface area contributed by atoms with Crippen LogP contribution >= 0.6 is 0 Å². The summed E-state index contributed by atoms with van der Waals surface area (Å²) in [6.07, 6.45) is 0. The van der Waals surface area contributed by atoms with Gasteiger partial charge < -0.3 is 14.8 Å². The van der Waals surface area contributed by atoms with Gasteiger partial charge in [-0.05, 0) is 29.3 Å². The van der Waals surface area contributed by atoms with Crippen LogP contribution in [0.1, 0.15) is 16.8 Å². The maximum Gasteiger partial charge on any atom is 0.155 e. The molecule has 0 fully saturated rings. The van der Waals surface area contributed by atoms with Crippen LogP contribution in [0.25, 0.3) is 10.9 Å². The Morgan fingerprint density at radius 3 is 1.96 bits per heavy atom. The van der Waals surface area contributed by atoms with Gasteiger partial charge in [0.2, 0.25) is 0 Å². The minimum absolute atomic E-state index is 0.730. The third kappa shape index (κ3) is 2.59. The van der Waals surface area contributed by atoms with Gasteiger partial charge in [0, 0.05) is 17.0 Å². The van der Waals surface area contributed by atoms with Crippen molar-refractivity contribution in [2.75, 3.05) is 7.11 Å². The Bertz CT molecular complexity index is 951. The highest BCUT2D eigenvalue weighted by atomic mass is 16.5. The van der Waals surface area contributed by atoms with Gasteiger partial charge in [0.15, 0.2) is 5.60 Å². The molecule has 0 aliphatic heterocycles. The van der Waals surface area contributed by atoms with E-state index >= 15 is 0 Å². The molecule has 25 heavy (non-hydrogen) atoms. The fourth-order valence-electron chi connectivity index (χ4n) is 3.26. The molecule has 0 aliphatic rings. The molecule has 0 saturated heterocycles. The predicted molar refractivity (Wildman–Crippen MR) is 99.8 cm³/mol. The number of ether oxygens (including phenoxy) is 1. The standard InChI is InChI=1S/C22H19NO2/c1-25-19-13-12-16-14-21(23-20(16)15-19)22(24,17-8-4-2-5-9-17)18-10-6-3-7-11-18/h2-15,23-24H,1H3. The minimum Gasteiger partial charge on any atom is -0.497 e. The van der Waals surface area contributed by atoms with Crippen molar-refractivity contribution in [1.82, 2.24) is 4.98 Å². The lowest BCUT2D eigenvalue weighted by Gasteiger charge is -2.28. The fourth-order valence-corrected chi connectivity index (χ4v) is 3.26. The number of aromatic nitrogens is 1. The second-order valence-electron chi connectivity index (χ2n) is 6.08. The third-order valence-electron chi connectivity index (χ3n) is 4.60. The van der Waals surface area contributed by atoms with Gasteiger partial charge in [0.05, 0.1) is 12.8 Å². The number of hydrogen-bond donors (Lipinski definition) is 2. The number of nitrogens with one attached hydrogen (secondary N) is 1. The first-order chi connectivity index (χ1) is 12.2. The van der Waals surface area contributed by atoms with Crippen LogP contribution in [-0.2, 0) is 5.60 Å². The summed E-state index contributed by atoms with van der Waals surface area (Å²) >= 11 is 0. The van der Waals surface area contributed by atoms with E-state index in [4.69, 9.17) is 4.74 Å². The summed E-state index contributed by atoms with van der Waals surface area (Å²) in [5, 5.41) is 12.8. The normalized spacial score (nSPS) is 11.6. The van der Waals surface area contributed by atoms with Crippen LogP contribution in [0.4, 0.5) is 0 Å². The van der Waals surface area contributed by atoms with Gasteiger partial charge in [-0.2, -0.15) is 0 Å². The molecule has 4 rings (SSSR count). The van der Waals surface area contributed by atoms with Crippen molar-refractivity contribution >= 4 is 10.9 Å². The molecule has 1 aromatic heterocycles. The predicted octanol–water partition coefficient (Wildman–Crippen LogP) is 4.46. The van der Waals surface area contributed by atoms with Crippen molar-refractivity contribution in [1.29, 1.82) is 0 Å². The second-order valence-corrected chi connectivity index (χ2v) is 6.08. The van der Waals surface area contributed by atoms with Gasteiger partial charge in [0.25, 0.3) is 0 Å². The largest absolute Gasteiger partial charge is 0.497 e. The van der Waals surface area contributed by atoms with Crippen LogP contribution in [0.2, 0.25) is 0 Å². The molecule has 3 nitrogen and oxygen atoms in total. The molecular formula is C22H19NO2. The van der Waals surface area contributed by atoms with Crippen LogP contribution in [0.3, 0.4) is 0 Å². The zero-order valence-corrected chi connectivity index (χ0v) is 13.9. The van der Waals surface area contributed by atoms with Crippen LogP contribution < -0.4 is 4.74 Å². The minimum atomic E-state index is -1.26. The summed E-state index contributed by atoms with van der Waals surface area (Å²) in [7, 11) is 1.65. The zero-order valence-electron chi connectivity index (χ0n) is 13.9. The smallest absolute Gasteiger partial charge is 0.155 e. The Kier molecular flexibility index (Phi) is 3.79. The number of fused-ring (bicyclic) bond motifs is 1. The number of hydrogen-bond acceptors (Lipinski definition) is 2. The van der Waals surface area contributed by atoms with Crippen molar-refractivity contribution in [3.8, 4) is 5.75 Å². The number of H-pyrrole nitrogens is 1. The molecule has 0 aliphatic carbocycles. The van der Waals surface area contributed by atoms with E-state index in [0.29, 0.717) is 0 Å². The Morgan fingerprint density at radius 1 is 0.800 bits per heavy atom. The van der Waals surface area contributed by atoms with Gasteiger partial charge in [-0.1, -0.05) is 60.7 Å². The molecule has 1 heterocycles. The maximum absolute atomic E-state index is 11.8. The average Bonchev–Trinajstić information content (AvgIpc) is 3.12. The van der Waals surface area contributed by atoms with Crippen LogP contribution in [0, 0.1) is 0 Å². The quantitative estimate of drug-likeness (QED) is 0.580. The van der Waals surface area contributed by atoms with Gasteiger partial charge in [-0.3, -0.25) is 0 Å². The van der Waals surface area contributed by atoms with E-state index in [0.717, 1.165) is 33.5 Å². The third-order valence-corrected chi connectivity index (χ3v) is 4.60. The van der Waals surface area contributed by atoms with Crippen LogP contribution in [0.15, 0.2) is 84.9 Å². The van der Waals surface area contributed by atoms with E-state index in [2.05, 4.69) is 4.98 Å². The van der Waals surface area contributed by atoms with E-state index in [1.54, 1.807) is 7.11 Å². The lowest BCUT2D eigenvalue weighted by molar-refractivity contribution is 0.121. The van der Waals surface area contributed by atoms with Crippen molar-refractivity contribution < 1.29 is 9.84 Å². The molecule has 124 valence electrons. The highest BCUT2D eigenvalue weighted by molar-refractivity contribution is 5.82. The van der Waals surface area contributed by atoms with E-state index in [1.165, 1.54) is 0 Å². The Hall–Kier alpha value is -3.04. The molecular weight excluding hydrogens is 310 g/mol. The van der Waals surface area contributed by atoms with Crippen LogP contribution in [-0.4, -0.2) is 17.2 Å². The fraction of sp³-hybridized carbons (Fsp3) is 0.0909. The monoisotopic (exact) mass is 329 g/mol. The number of methoxy groups -OCH3 is 1. The molecule has 0 spiro atoms. The van der Waals surface area contributed by atoms with Gasteiger partial charge in [0.1, 0.15) is 5.75 Å². The molecule has 0 saturated carbocycles. The zero-order chi connectivity index (χ0) is 17.3.